The van der Waals surface area contributed by atoms with E-state index in [-0.39, 0.29) is 0 Å². The van der Waals surface area contributed by atoms with Crippen LogP contribution in [0.2, 0.25) is 0 Å². The largest absolute Gasteiger partial charge is 0.359 e. The summed E-state index contributed by atoms with van der Waals surface area (Å²) >= 11 is 0. The molecule has 0 spiro atoms. The fourth-order valence-electron chi connectivity index (χ4n) is 0.613. The molecule has 0 atom stereocenters. The lowest BCUT2D eigenvalue weighted by molar-refractivity contribution is 0.886. The maximum Gasteiger partial charge on any atom is 0.190 e. The van der Waals surface area contributed by atoms with Gasteiger partial charge in [0.2, 0.25) is 0 Å². The monoisotopic (exact) mass is 155 g/mol. The van der Waals surface area contributed by atoms with Gasteiger partial charge in [-0.15, -0.1) is 0 Å². The first-order valence-electron chi connectivity index (χ1n) is 3.79. The molecule has 0 aromatic heterocycles. The smallest absolute Gasteiger partial charge is 0.190 e. The summed E-state index contributed by atoms with van der Waals surface area (Å²) in [5.41, 5.74) is 1.18. The van der Waals surface area contributed by atoms with Crippen molar-refractivity contribution in [2.75, 3.05) is 20.6 Å². The van der Waals surface area contributed by atoms with Gasteiger partial charge in [0.1, 0.15) is 0 Å². The summed E-state index contributed by atoms with van der Waals surface area (Å²) in [6.07, 6.45) is 1.01. The number of nitrogens with one attached hydrogen (secondary N) is 2. The average Bonchev–Trinajstić information content (AvgIpc) is 2.06. The van der Waals surface area contributed by atoms with E-state index in [1.165, 1.54) is 5.57 Å². The van der Waals surface area contributed by atoms with Crippen molar-refractivity contribution in [2.45, 2.75) is 13.3 Å². The van der Waals surface area contributed by atoms with Crippen LogP contribution in [0.4, 0.5) is 0 Å². The minimum Gasteiger partial charge on any atom is -0.359 e. The number of rotatable bonds is 3. The van der Waals surface area contributed by atoms with E-state index in [4.69, 9.17) is 0 Å². The molecule has 0 aliphatic carbocycles. The minimum absolute atomic E-state index is 0.796. The summed E-state index contributed by atoms with van der Waals surface area (Å²) in [5, 5.41) is 6.04. The third-order valence-corrected chi connectivity index (χ3v) is 1.47. The summed E-state index contributed by atoms with van der Waals surface area (Å²) in [4.78, 5) is 3.97. The van der Waals surface area contributed by atoms with Crippen LogP contribution in [0.1, 0.15) is 13.3 Å². The fourth-order valence-corrected chi connectivity index (χ4v) is 0.613. The van der Waals surface area contributed by atoms with Crippen molar-refractivity contribution in [2.24, 2.45) is 4.99 Å². The SMILES string of the molecule is C=C(CC)CNC(=NC)NC. The van der Waals surface area contributed by atoms with Gasteiger partial charge in [0, 0.05) is 20.6 Å². The van der Waals surface area contributed by atoms with E-state index in [0.29, 0.717) is 0 Å². The predicted molar refractivity (Wildman–Crippen MR) is 49.9 cm³/mol. The van der Waals surface area contributed by atoms with Crippen LogP contribution in [-0.2, 0) is 0 Å². The van der Waals surface area contributed by atoms with Crippen LogP contribution < -0.4 is 10.6 Å². The first-order valence-corrected chi connectivity index (χ1v) is 3.79. The molecule has 0 aliphatic rings. The fraction of sp³-hybridized carbons (Fsp3) is 0.625. The zero-order valence-electron chi connectivity index (χ0n) is 7.57. The maximum absolute atomic E-state index is 3.97. The molecule has 2 N–H and O–H groups in total. The zero-order valence-corrected chi connectivity index (χ0v) is 7.57. The van der Waals surface area contributed by atoms with Crippen molar-refractivity contribution in [3.8, 4) is 0 Å². The van der Waals surface area contributed by atoms with Crippen molar-refractivity contribution < 1.29 is 0 Å². The Kier molecular flexibility index (Phi) is 5.25. The van der Waals surface area contributed by atoms with E-state index in [0.717, 1.165) is 18.9 Å². The van der Waals surface area contributed by atoms with Gasteiger partial charge in [-0.25, -0.2) is 0 Å². The molecule has 11 heavy (non-hydrogen) atoms. The van der Waals surface area contributed by atoms with Crippen LogP contribution in [0.3, 0.4) is 0 Å². The number of hydrogen-bond donors (Lipinski definition) is 2. The van der Waals surface area contributed by atoms with Gasteiger partial charge in [-0.3, -0.25) is 4.99 Å². The third-order valence-electron chi connectivity index (χ3n) is 1.47. The number of guanidine groups is 1. The molecule has 0 aromatic carbocycles. The molecule has 0 rings (SSSR count). The van der Waals surface area contributed by atoms with Crippen LogP contribution in [-0.4, -0.2) is 26.6 Å². The number of aliphatic imine (C=N–C) groups is 1. The van der Waals surface area contributed by atoms with Crippen LogP contribution >= 0.6 is 0 Å². The Hall–Kier alpha value is -0.990. The van der Waals surface area contributed by atoms with Gasteiger partial charge < -0.3 is 10.6 Å². The van der Waals surface area contributed by atoms with Crippen molar-refractivity contribution in [3.63, 3.8) is 0 Å². The highest BCUT2D eigenvalue weighted by molar-refractivity contribution is 5.79. The lowest BCUT2D eigenvalue weighted by Crippen LogP contribution is -2.35. The standard InChI is InChI=1S/C8H17N3/c1-5-7(2)6-11-8(9-3)10-4/h2,5-6H2,1,3-4H3,(H2,9,10,11). The molecule has 0 aromatic rings. The molecule has 0 amide bonds. The summed E-state index contributed by atoms with van der Waals surface area (Å²) in [6, 6.07) is 0. The second kappa shape index (κ2) is 5.77. The van der Waals surface area contributed by atoms with E-state index in [1.54, 1.807) is 7.05 Å². The Morgan fingerprint density at radius 1 is 1.55 bits per heavy atom. The van der Waals surface area contributed by atoms with Crippen molar-refractivity contribution in [3.05, 3.63) is 12.2 Å². The highest BCUT2D eigenvalue weighted by Gasteiger charge is 1.92. The summed E-state index contributed by atoms with van der Waals surface area (Å²) in [6.45, 7) is 6.75. The van der Waals surface area contributed by atoms with Crippen molar-refractivity contribution in [1.82, 2.24) is 10.6 Å². The molecule has 0 fully saturated rings. The van der Waals surface area contributed by atoms with Crippen molar-refractivity contribution >= 4 is 5.96 Å². The Bertz CT molecular complexity index is 149. The molecule has 3 nitrogen and oxygen atoms in total. The Balaban J connectivity index is 3.60. The molecular weight excluding hydrogens is 138 g/mol. The maximum atomic E-state index is 3.97. The molecule has 0 heterocycles. The van der Waals surface area contributed by atoms with E-state index in [1.807, 2.05) is 7.05 Å². The first kappa shape index (κ1) is 10.0. The number of hydrogen-bond acceptors (Lipinski definition) is 1. The lowest BCUT2D eigenvalue weighted by Gasteiger charge is -2.08. The predicted octanol–water partition coefficient (Wildman–Crippen LogP) is 0.747. The summed E-state index contributed by atoms with van der Waals surface area (Å²) in [5.74, 6) is 0.805. The lowest BCUT2D eigenvalue weighted by atomic mass is 10.2. The van der Waals surface area contributed by atoms with Crippen LogP contribution in [0, 0.1) is 0 Å². The Morgan fingerprint density at radius 3 is 2.55 bits per heavy atom. The molecule has 0 bridgehead atoms. The molecule has 0 unspecified atom stereocenters. The quantitative estimate of drug-likeness (QED) is 0.358. The Labute approximate surface area is 68.6 Å². The van der Waals surface area contributed by atoms with Gasteiger partial charge in [0.15, 0.2) is 5.96 Å². The topological polar surface area (TPSA) is 36.4 Å². The molecule has 3 heteroatoms. The molecule has 0 radical (unpaired) electrons. The van der Waals surface area contributed by atoms with Gasteiger partial charge in [-0.2, -0.15) is 0 Å². The molecule has 0 saturated heterocycles. The zero-order chi connectivity index (χ0) is 8.69. The highest BCUT2D eigenvalue weighted by Crippen LogP contribution is 1.91. The minimum atomic E-state index is 0.796. The second-order valence-electron chi connectivity index (χ2n) is 2.28. The van der Waals surface area contributed by atoms with E-state index in [9.17, 15) is 0 Å². The van der Waals surface area contributed by atoms with Gasteiger partial charge >= 0.3 is 0 Å². The van der Waals surface area contributed by atoms with Crippen LogP contribution in [0.5, 0.6) is 0 Å². The highest BCUT2D eigenvalue weighted by atomic mass is 15.1. The average molecular weight is 155 g/mol. The third kappa shape index (κ3) is 4.42. The van der Waals surface area contributed by atoms with E-state index >= 15 is 0 Å². The van der Waals surface area contributed by atoms with Gasteiger partial charge in [0.05, 0.1) is 0 Å². The summed E-state index contributed by atoms with van der Waals surface area (Å²) in [7, 11) is 3.58. The summed E-state index contributed by atoms with van der Waals surface area (Å²) < 4.78 is 0. The normalized spacial score (nSPS) is 11.0. The molecule has 64 valence electrons. The van der Waals surface area contributed by atoms with Crippen LogP contribution in [0.15, 0.2) is 17.1 Å². The van der Waals surface area contributed by atoms with Crippen LogP contribution in [0.25, 0.3) is 0 Å². The van der Waals surface area contributed by atoms with Gasteiger partial charge in [-0.1, -0.05) is 19.1 Å². The van der Waals surface area contributed by atoms with E-state index < -0.39 is 0 Å². The molecule has 0 aliphatic heterocycles. The molecular formula is C8H17N3. The first-order chi connectivity index (χ1) is 5.24. The van der Waals surface area contributed by atoms with Gasteiger partial charge in [0.25, 0.3) is 0 Å². The second-order valence-corrected chi connectivity index (χ2v) is 2.28. The van der Waals surface area contributed by atoms with Gasteiger partial charge in [-0.05, 0) is 6.42 Å². The molecule has 0 saturated carbocycles. The Morgan fingerprint density at radius 2 is 2.18 bits per heavy atom. The number of nitrogens with zero attached hydrogens (tertiary/aromatic N) is 1. The van der Waals surface area contributed by atoms with E-state index in [2.05, 4.69) is 29.1 Å². The van der Waals surface area contributed by atoms with Crippen molar-refractivity contribution in [1.29, 1.82) is 0 Å².